The molecule has 0 aliphatic rings. The average molecular weight is 349 g/mol. The standard InChI is InChI=1S/C22H36O3/c1-15(2)11-12-25-19(23)10-9-16-13-17(21(3,4)5)20(24)18(14-16)22(6,7)8/h13-15,24H,9-12H2,1-8H3. The Balaban J connectivity index is 2.95. The second-order valence-electron chi connectivity index (χ2n) is 9.44. The third-order valence-electron chi connectivity index (χ3n) is 4.36. The Morgan fingerprint density at radius 3 is 1.92 bits per heavy atom. The number of hydrogen-bond acceptors (Lipinski definition) is 3. The predicted octanol–water partition coefficient (Wildman–Crippen LogP) is 5.51. The maximum absolute atomic E-state index is 12.0. The molecule has 1 aromatic carbocycles. The van der Waals surface area contributed by atoms with Gasteiger partial charge in [0.1, 0.15) is 5.75 Å². The number of esters is 1. The van der Waals surface area contributed by atoms with Crippen molar-refractivity contribution in [3.05, 3.63) is 28.8 Å². The van der Waals surface area contributed by atoms with Crippen LogP contribution in [0.4, 0.5) is 0 Å². The van der Waals surface area contributed by atoms with E-state index in [0.29, 0.717) is 31.1 Å². The Bertz CT molecular complexity index is 551. The molecule has 0 saturated carbocycles. The minimum Gasteiger partial charge on any atom is -0.507 e. The summed E-state index contributed by atoms with van der Waals surface area (Å²) >= 11 is 0. The predicted molar refractivity (Wildman–Crippen MR) is 104 cm³/mol. The van der Waals surface area contributed by atoms with E-state index in [4.69, 9.17) is 4.74 Å². The molecule has 0 spiro atoms. The van der Waals surface area contributed by atoms with Crippen LogP contribution in [0.25, 0.3) is 0 Å². The summed E-state index contributed by atoms with van der Waals surface area (Å²) < 4.78 is 5.31. The van der Waals surface area contributed by atoms with Crippen molar-refractivity contribution in [1.29, 1.82) is 0 Å². The van der Waals surface area contributed by atoms with Crippen LogP contribution in [0.3, 0.4) is 0 Å². The zero-order valence-electron chi connectivity index (χ0n) is 17.3. The van der Waals surface area contributed by atoms with Gasteiger partial charge >= 0.3 is 5.97 Å². The van der Waals surface area contributed by atoms with Crippen molar-refractivity contribution in [3.63, 3.8) is 0 Å². The molecule has 0 heterocycles. The fourth-order valence-corrected chi connectivity index (χ4v) is 2.71. The van der Waals surface area contributed by atoms with Crippen LogP contribution in [-0.4, -0.2) is 17.7 Å². The molecule has 1 rings (SSSR count). The molecule has 0 radical (unpaired) electrons. The lowest BCUT2D eigenvalue weighted by molar-refractivity contribution is -0.143. The van der Waals surface area contributed by atoms with E-state index in [9.17, 15) is 9.90 Å². The number of phenols is 1. The van der Waals surface area contributed by atoms with Crippen LogP contribution in [0.15, 0.2) is 12.1 Å². The molecule has 0 aliphatic carbocycles. The molecule has 1 aromatic rings. The minimum absolute atomic E-state index is 0.150. The van der Waals surface area contributed by atoms with E-state index in [2.05, 4.69) is 55.4 Å². The number of benzene rings is 1. The summed E-state index contributed by atoms with van der Waals surface area (Å²) in [6.45, 7) is 17.3. The maximum Gasteiger partial charge on any atom is 0.306 e. The number of aromatic hydroxyl groups is 1. The van der Waals surface area contributed by atoms with Crippen molar-refractivity contribution in [2.45, 2.75) is 85.5 Å². The molecule has 0 unspecified atom stereocenters. The molecule has 142 valence electrons. The van der Waals surface area contributed by atoms with Crippen molar-refractivity contribution in [2.24, 2.45) is 5.92 Å². The van der Waals surface area contributed by atoms with Crippen molar-refractivity contribution in [3.8, 4) is 5.75 Å². The van der Waals surface area contributed by atoms with Gasteiger partial charge in [-0.05, 0) is 46.3 Å². The number of rotatable bonds is 6. The number of ether oxygens (including phenoxy) is 1. The van der Waals surface area contributed by atoms with E-state index in [1.165, 1.54) is 0 Å². The molecule has 0 amide bonds. The minimum atomic E-state index is -0.155. The molecule has 25 heavy (non-hydrogen) atoms. The van der Waals surface area contributed by atoms with Crippen LogP contribution >= 0.6 is 0 Å². The first kappa shape index (κ1) is 21.5. The van der Waals surface area contributed by atoms with Gasteiger partial charge in [-0.2, -0.15) is 0 Å². The van der Waals surface area contributed by atoms with Crippen molar-refractivity contribution in [1.82, 2.24) is 0 Å². The van der Waals surface area contributed by atoms with Gasteiger partial charge in [0.2, 0.25) is 0 Å². The van der Waals surface area contributed by atoms with E-state index in [0.717, 1.165) is 23.1 Å². The summed E-state index contributed by atoms with van der Waals surface area (Å²) in [5.41, 5.74) is 2.63. The van der Waals surface area contributed by atoms with Crippen molar-refractivity contribution < 1.29 is 14.6 Å². The lowest BCUT2D eigenvalue weighted by Crippen LogP contribution is -2.18. The van der Waals surface area contributed by atoms with Crippen LogP contribution < -0.4 is 0 Å². The van der Waals surface area contributed by atoms with Gasteiger partial charge < -0.3 is 9.84 Å². The molecule has 0 atom stereocenters. The van der Waals surface area contributed by atoms with E-state index in [1.54, 1.807) is 0 Å². The maximum atomic E-state index is 12.0. The van der Waals surface area contributed by atoms with Crippen LogP contribution in [0.5, 0.6) is 5.75 Å². The number of hydrogen-bond donors (Lipinski definition) is 1. The first-order valence-electron chi connectivity index (χ1n) is 9.35. The highest BCUT2D eigenvalue weighted by molar-refractivity contribution is 5.69. The van der Waals surface area contributed by atoms with Crippen molar-refractivity contribution >= 4 is 5.97 Å². The summed E-state index contributed by atoms with van der Waals surface area (Å²) in [5, 5.41) is 10.7. The van der Waals surface area contributed by atoms with E-state index < -0.39 is 0 Å². The highest BCUT2D eigenvalue weighted by atomic mass is 16.5. The first-order valence-corrected chi connectivity index (χ1v) is 9.35. The first-order chi connectivity index (χ1) is 11.3. The molecule has 0 aromatic heterocycles. The highest BCUT2D eigenvalue weighted by Crippen LogP contribution is 2.39. The second-order valence-corrected chi connectivity index (χ2v) is 9.44. The summed E-state index contributed by atoms with van der Waals surface area (Å²) in [6.07, 6.45) is 1.90. The Morgan fingerprint density at radius 1 is 1.04 bits per heavy atom. The van der Waals surface area contributed by atoms with Crippen LogP contribution in [0.2, 0.25) is 0 Å². The fraction of sp³-hybridized carbons (Fsp3) is 0.682. The van der Waals surface area contributed by atoms with Gasteiger partial charge in [0.15, 0.2) is 0 Å². The van der Waals surface area contributed by atoms with Gasteiger partial charge in [0.25, 0.3) is 0 Å². The number of aryl methyl sites for hydroxylation is 1. The van der Waals surface area contributed by atoms with Gasteiger partial charge in [0.05, 0.1) is 6.61 Å². The normalized spacial score (nSPS) is 12.5. The SMILES string of the molecule is CC(C)CCOC(=O)CCc1cc(C(C)(C)C)c(O)c(C(C)(C)C)c1. The molecular formula is C22H36O3. The smallest absolute Gasteiger partial charge is 0.306 e. The summed E-state index contributed by atoms with van der Waals surface area (Å²) in [4.78, 5) is 12.0. The molecule has 0 saturated heterocycles. The molecule has 0 aliphatic heterocycles. The van der Waals surface area contributed by atoms with Gasteiger partial charge in [-0.3, -0.25) is 4.79 Å². The second kappa shape index (κ2) is 8.25. The summed E-state index contributed by atoms with van der Waals surface area (Å²) in [5.74, 6) is 0.764. The molecule has 3 nitrogen and oxygen atoms in total. The third-order valence-corrected chi connectivity index (χ3v) is 4.36. The zero-order valence-corrected chi connectivity index (χ0v) is 17.3. The average Bonchev–Trinajstić information content (AvgIpc) is 2.43. The fourth-order valence-electron chi connectivity index (χ4n) is 2.71. The molecule has 1 N–H and O–H groups in total. The Morgan fingerprint density at radius 2 is 1.52 bits per heavy atom. The molecule has 0 fully saturated rings. The molecular weight excluding hydrogens is 312 g/mol. The van der Waals surface area contributed by atoms with E-state index >= 15 is 0 Å². The number of phenolic OH excluding ortho intramolecular Hbond substituents is 1. The van der Waals surface area contributed by atoms with Crippen LogP contribution in [0.1, 0.15) is 84.9 Å². The molecule has 3 heteroatoms. The van der Waals surface area contributed by atoms with Crippen molar-refractivity contribution in [2.75, 3.05) is 6.61 Å². The van der Waals surface area contributed by atoms with E-state index in [-0.39, 0.29) is 16.8 Å². The third kappa shape index (κ3) is 6.72. The highest BCUT2D eigenvalue weighted by Gasteiger charge is 2.26. The summed E-state index contributed by atoms with van der Waals surface area (Å²) in [6, 6.07) is 4.07. The van der Waals surface area contributed by atoms with E-state index in [1.807, 2.05) is 12.1 Å². The molecule has 0 bridgehead atoms. The van der Waals surface area contributed by atoms with Gasteiger partial charge in [-0.1, -0.05) is 67.5 Å². The zero-order chi connectivity index (χ0) is 19.4. The largest absolute Gasteiger partial charge is 0.507 e. The topological polar surface area (TPSA) is 46.5 Å². The number of carbonyl (C=O) groups excluding carboxylic acids is 1. The lowest BCUT2D eigenvalue weighted by Gasteiger charge is -2.28. The quantitative estimate of drug-likeness (QED) is 0.690. The Labute approximate surface area is 153 Å². The van der Waals surface area contributed by atoms with Gasteiger partial charge in [-0.15, -0.1) is 0 Å². The van der Waals surface area contributed by atoms with Crippen LogP contribution in [0, 0.1) is 5.92 Å². The lowest BCUT2D eigenvalue weighted by atomic mass is 9.78. The Kier molecular flexibility index (Phi) is 7.10. The Hall–Kier alpha value is -1.51. The van der Waals surface area contributed by atoms with Gasteiger partial charge in [-0.25, -0.2) is 0 Å². The van der Waals surface area contributed by atoms with Crippen LogP contribution in [-0.2, 0) is 26.8 Å². The van der Waals surface area contributed by atoms with Gasteiger partial charge in [0, 0.05) is 6.42 Å². The number of carbonyl (C=O) groups is 1. The summed E-state index contributed by atoms with van der Waals surface area (Å²) in [7, 11) is 0. The monoisotopic (exact) mass is 348 g/mol.